The minimum Gasteiger partial charge on any atom is -0.480 e. The third kappa shape index (κ3) is 4.55. The topological polar surface area (TPSA) is 70.0 Å². The monoisotopic (exact) mass is 491 g/mol. The molecule has 0 spiro atoms. The average Bonchev–Trinajstić information content (AvgIpc) is 3.40. The van der Waals surface area contributed by atoms with Gasteiger partial charge in [0.05, 0.1) is 10.0 Å². The van der Waals surface area contributed by atoms with Crippen molar-refractivity contribution in [2.75, 3.05) is 0 Å². The summed E-state index contributed by atoms with van der Waals surface area (Å²) in [5.74, 6) is -0.871. The summed E-state index contributed by atoms with van der Waals surface area (Å²) in [4.78, 5) is 15.3. The molecule has 0 unspecified atom stereocenters. The highest BCUT2D eigenvalue weighted by molar-refractivity contribution is 6.42. The van der Waals surface area contributed by atoms with E-state index in [2.05, 4.69) is 33.2 Å². The van der Waals surface area contributed by atoms with E-state index in [0.717, 1.165) is 38.5 Å². The van der Waals surface area contributed by atoms with Crippen LogP contribution >= 0.6 is 23.2 Å². The summed E-state index contributed by atoms with van der Waals surface area (Å²) in [5.41, 5.74) is 5.15. The van der Waals surface area contributed by atoms with Crippen molar-refractivity contribution < 1.29 is 9.90 Å². The van der Waals surface area contributed by atoms with Crippen LogP contribution in [0, 0.1) is 0 Å². The number of carboxylic acid groups (broad SMARTS) is 1. The molecule has 172 valence electrons. The molecule has 0 aliphatic heterocycles. The second-order valence-electron chi connectivity index (χ2n) is 8.38. The molecule has 1 atom stereocenters. The molecule has 0 aliphatic carbocycles. The molecule has 7 heteroatoms. The van der Waals surface area contributed by atoms with E-state index in [9.17, 15) is 9.90 Å². The van der Waals surface area contributed by atoms with Gasteiger partial charge in [0, 0.05) is 53.7 Å². The molecule has 0 bridgehead atoms. The van der Waals surface area contributed by atoms with Crippen molar-refractivity contribution in [1.29, 1.82) is 0 Å². The van der Waals surface area contributed by atoms with Crippen LogP contribution in [0.4, 0.5) is 0 Å². The summed E-state index contributed by atoms with van der Waals surface area (Å²) in [7, 11) is 0. The van der Waals surface area contributed by atoms with Crippen molar-refractivity contribution in [3.05, 3.63) is 106 Å². The maximum Gasteiger partial charge on any atom is 0.321 e. The molecule has 5 nitrogen and oxygen atoms in total. The van der Waals surface area contributed by atoms with Crippen molar-refractivity contribution in [2.45, 2.75) is 25.6 Å². The van der Waals surface area contributed by atoms with E-state index in [4.69, 9.17) is 23.2 Å². The normalized spacial score (nSPS) is 12.4. The Balaban J connectivity index is 1.38. The van der Waals surface area contributed by atoms with Crippen LogP contribution in [0.15, 0.2) is 79.1 Å². The molecule has 5 rings (SSSR count). The molecule has 3 aromatic carbocycles. The Hall–Kier alpha value is -3.25. The van der Waals surface area contributed by atoms with Crippen LogP contribution in [-0.4, -0.2) is 26.7 Å². The number of hydrogen-bond acceptors (Lipinski definition) is 2. The number of halogens is 2. The Morgan fingerprint density at radius 1 is 0.971 bits per heavy atom. The number of aromatic nitrogens is 2. The van der Waals surface area contributed by atoms with Gasteiger partial charge in [0.2, 0.25) is 0 Å². The molecule has 0 amide bonds. The van der Waals surface area contributed by atoms with Gasteiger partial charge in [0.1, 0.15) is 6.04 Å². The molecule has 0 fully saturated rings. The van der Waals surface area contributed by atoms with Crippen LogP contribution in [0.5, 0.6) is 0 Å². The lowest BCUT2D eigenvalue weighted by Crippen LogP contribution is -2.38. The molecule has 0 radical (unpaired) electrons. The first-order chi connectivity index (χ1) is 16.5. The summed E-state index contributed by atoms with van der Waals surface area (Å²) >= 11 is 12.3. The van der Waals surface area contributed by atoms with Gasteiger partial charge in [-0.1, -0.05) is 65.7 Å². The molecular formula is C27H23Cl2N3O2. The van der Waals surface area contributed by atoms with E-state index in [1.807, 2.05) is 54.7 Å². The number of benzene rings is 3. The third-order valence-electron chi connectivity index (χ3n) is 6.14. The fraction of sp³-hybridized carbons (Fsp3) is 0.148. The van der Waals surface area contributed by atoms with Gasteiger partial charge in [-0.25, -0.2) is 0 Å². The minimum atomic E-state index is -0.871. The first-order valence-corrected chi connectivity index (χ1v) is 11.8. The number of aliphatic carboxylic acids is 1. The van der Waals surface area contributed by atoms with E-state index in [0.29, 0.717) is 29.6 Å². The summed E-state index contributed by atoms with van der Waals surface area (Å²) in [5, 5.41) is 16.3. The lowest BCUT2D eigenvalue weighted by molar-refractivity contribution is -0.139. The van der Waals surface area contributed by atoms with Crippen molar-refractivity contribution in [1.82, 2.24) is 14.9 Å². The van der Waals surface area contributed by atoms with Gasteiger partial charge in [0.25, 0.3) is 0 Å². The molecular weight excluding hydrogens is 469 g/mol. The number of carbonyl (C=O) groups is 1. The molecule has 0 aliphatic rings. The number of aromatic amines is 1. The highest BCUT2D eigenvalue weighted by atomic mass is 35.5. The number of nitrogens with one attached hydrogen (secondary N) is 2. The molecule has 2 aromatic heterocycles. The van der Waals surface area contributed by atoms with Gasteiger partial charge in [-0.05, 0) is 41.0 Å². The first kappa shape index (κ1) is 22.5. The van der Waals surface area contributed by atoms with Gasteiger partial charge in [-0.3, -0.25) is 10.1 Å². The Labute approximate surface area is 206 Å². The molecule has 2 heterocycles. The van der Waals surface area contributed by atoms with Crippen molar-refractivity contribution >= 4 is 51.0 Å². The Morgan fingerprint density at radius 3 is 2.53 bits per heavy atom. The number of carboxylic acids is 1. The van der Waals surface area contributed by atoms with Crippen LogP contribution in [0.25, 0.3) is 21.8 Å². The van der Waals surface area contributed by atoms with E-state index >= 15 is 0 Å². The van der Waals surface area contributed by atoms with Gasteiger partial charge < -0.3 is 14.7 Å². The van der Waals surface area contributed by atoms with Crippen LogP contribution in [0.2, 0.25) is 10.0 Å². The number of para-hydroxylation sites is 2. The molecule has 5 aromatic rings. The number of rotatable bonds is 8. The first-order valence-electron chi connectivity index (χ1n) is 11.0. The van der Waals surface area contributed by atoms with E-state index in [1.54, 1.807) is 6.07 Å². The van der Waals surface area contributed by atoms with E-state index < -0.39 is 12.0 Å². The van der Waals surface area contributed by atoms with Crippen LogP contribution < -0.4 is 5.32 Å². The van der Waals surface area contributed by atoms with Gasteiger partial charge >= 0.3 is 5.97 Å². The predicted octanol–water partition coefficient (Wildman–Crippen LogP) is 6.26. The average molecular weight is 492 g/mol. The van der Waals surface area contributed by atoms with Crippen LogP contribution in [-0.2, 0) is 24.3 Å². The predicted molar refractivity (Wildman–Crippen MR) is 138 cm³/mol. The zero-order valence-electron chi connectivity index (χ0n) is 18.3. The van der Waals surface area contributed by atoms with Crippen molar-refractivity contribution in [3.63, 3.8) is 0 Å². The third-order valence-corrected chi connectivity index (χ3v) is 6.88. The maximum absolute atomic E-state index is 12.1. The Morgan fingerprint density at radius 2 is 1.74 bits per heavy atom. The molecule has 0 saturated heterocycles. The summed E-state index contributed by atoms with van der Waals surface area (Å²) < 4.78 is 2.15. The number of nitrogens with zero attached hydrogens (tertiary/aromatic N) is 1. The summed E-state index contributed by atoms with van der Waals surface area (Å²) in [6.07, 6.45) is 4.36. The highest BCUT2D eigenvalue weighted by Crippen LogP contribution is 2.26. The smallest absolute Gasteiger partial charge is 0.321 e. The standard InChI is InChI=1S/C27H23Cl2N3O2/c28-22-10-9-17(11-23(22)29)15-32-16-19(21-6-2-4-8-26(21)32)14-31-25(27(33)34)12-18-13-30-24-7-3-1-5-20(18)24/h1-11,13,16,25,30-31H,12,14-15H2,(H,33,34)/t25-/m0/s1. The largest absolute Gasteiger partial charge is 0.480 e. The second kappa shape index (κ2) is 9.55. The van der Waals surface area contributed by atoms with Crippen LogP contribution in [0.1, 0.15) is 16.7 Å². The number of fused-ring (bicyclic) bond motifs is 2. The van der Waals surface area contributed by atoms with Gasteiger partial charge in [-0.2, -0.15) is 0 Å². The minimum absolute atomic E-state index is 0.390. The lowest BCUT2D eigenvalue weighted by Gasteiger charge is -2.14. The summed E-state index contributed by atoms with van der Waals surface area (Å²) in [6, 6.07) is 21.0. The van der Waals surface area contributed by atoms with Crippen LogP contribution in [0.3, 0.4) is 0 Å². The zero-order valence-corrected chi connectivity index (χ0v) is 19.8. The van der Waals surface area contributed by atoms with Gasteiger partial charge in [0.15, 0.2) is 0 Å². The maximum atomic E-state index is 12.1. The molecule has 34 heavy (non-hydrogen) atoms. The van der Waals surface area contributed by atoms with Gasteiger partial charge in [-0.15, -0.1) is 0 Å². The SMILES string of the molecule is O=C(O)[C@H](Cc1c[nH]c2ccccc12)NCc1cn(Cc2ccc(Cl)c(Cl)c2)c2ccccc12. The Kier molecular flexibility index (Phi) is 6.33. The molecule has 0 saturated carbocycles. The number of H-pyrrole nitrogens is 1. The zero-order chi connectivity index (χ0) is 23.7. The van der Waals surface area contributed by atoms with Crippen molar-refractivity contribution in [2.24, 2.45) is 0 Å². The molecule has 3 N–H and O–H groups in total. The fourth-order valence-electron chi connectivity index (χ4n) is 4.43. The van der Waals surface area contributed by atoms with Crippen molar-refractivity contribution in [3.8, 4) is 0 Å². The summed E-state index contributed by atoms with van der Waals surface area (Å²) in [6.45, 7) is 1.07. The number of hydrogen-bond donors (Lipinski definition) is 3. The quantitative estimate of drug-likeness (QED) is 0.239. The highest BCUT2D eigenvalue weighted by Gasteiger charge is 2.20. The van der Waals surface area contributed by atoms with E-state index in [1.165, 1.54) is 0 Å². The van der Waals surface area contributed by atoms with E-state index in [-0.39, 0.29) is 0 Å². The fourth-order valence-corrected chi connectivity index (χ4v) is 4.75. The lowest BCUT2D eigenvalue weighted by atomic mass is 10.0. The second-order valence-corrected chi connectivity index (χ2v) is 9.20. The Bertz CT molecular complexity index is 1490.